The molecule has 17 heteroatoms. The molecule has 0 saturated carbocycles. The molecule has 548 valence electrons. The summed E-state index contributed by atoms with van der Waals surface area (Å²) >= 11 is 7.26. The molecule has 0 bridgehead atoms. The maximum atomic E-state index is 12.7. The van der Waals surface area contributed by atoms with Crippen LogP contribution in [0.1, 0.15) is 302 Å². The fourth-order valence-electron chi connectivity index (χ4n) is 12.0. The number of carbonyl (C=O) groups excluding carboxylic acids is 1. The number of rotatable bonds is 25. The summed E-state index contributed by atoms with van der Waals surface area (Å²) in [5.74, 6) is 3.56. The average molecular weight is 1490 g/mol. The van der Waals surface area contributed by atoms with Crippen LogP contribution >= 0.6 is 90.2 Å². The van der Waals surface area contributed by atoms with Crippen molar-refractivity contribution in [2.75, 3.05) is 24.6 Å². The molecular formula is C80H128N2O7S8. The fraction of sp³-hybridized carbons (Fsp3) is 0.675. The summed E-state index contributed by atoms with van der Waals surface area (Å²) in [6.07, 6.45) is 11.4. The summed E-state index contributed by atoms with van der Waals surface area (Å²) < 4.78 is -0.430. The lowest BCUT2D eigenvalue weighted by Crippen LogP contribution is -2.30. The third-order valence-corrected chi connectivity index (χ3v) is 28.6. The summed E-state index contributed by atoms with van der Waals surface area (Å²) in [6.45, 7) is 57.5. The molecular weight excluding hydrogens is 1360 g/mol. The van der Waals surface area contributed by atoms with Gasteiger partial charge in [-0.25, -0.2) is 0 Å². The van der Waals surface area contributed by atoms with E-state index >= 15 is 0 Å². The number of nitrogens with two attached hydrogens (primary N) is 1. The van der Waals surface area contributed by atoms with Gasteiger partial charge in [-0.05, 0) is 177 Å². The fourth-order valence-corrected chi connectivity index (χ4v) is 23.2. The number of carbonyl (C=O) groups is 2. The lowest BCUT2D eigenvalue weighted by Gasteiger charge is -2.32. The van der Waals surface area contributed by atoms with Crippen LogP contribution in [0.5, 0.6) is 23.0 Å². The highest BCUT2D eigenvalue weighted by molar-refractivity contribution is 8.77. The minimum Gasteiger partial charge on any atom is -0.507 e. The lowest BCUT2D eigenvalue weighted by atomic mass is 9.77. The Morgan fingerprint density at radius 3 is 0.948 bits per heavy atom. The first-order valence-corrected chi connectivity index (χ1v) is 43.2. The number of hydrogen-bond acceptors (Lipinski definition) is 15. The summed E-state index contributed by atoms with van der Waals surface area (Å²) in [7, 11) is 7.90. The summed E-state index contributed by atoms with van der Waals surface area (Å²) in [5.41, 5.74) is 11.9. The van der Waals surface area contributed by atoms with Crippen molar-refractivity contribution in [3.8, 4) is 23.0 Å². The molecule has 2 atom stereocenters. The smallest absolute Gasteiger partial charge is 0.303 e. The van der Waals surface area contributed by atoms with Crippen molar-refractivity contribution in [3.05, 3.63) is 93.0 Å². The van der Waals surface area contributed by atoms with Gasteiger partial charge in [0.15, 0.2) is 0 Å². The highest BCUT2D eigenvalue weighted by atomic mass is 33.1. The summed E-state index contributed by atoms with van der Waals surface area (Å²) in [6, 6.07) is 17.3. The van der Waals surface area contributed by atoms with Crippen LogP contribution in [-0.4, -0.2) is 80.7 Å². The number of thioether (sulfide) groups is 4. The molecule has 2 fully saturated rings. The SMILES string of the molecule is CC(C)(Sc1cc(C(C)(C)C)c(O)c(C(C)(C)C)c1)Sc1cc(C(C)(C)C)c(O)c(C(C)(C)CCN)c1.CC(C)(Sc1cc(C(C)(C)C)c(O)c(C(C)(C)C)c1)Sc1cc(C(C)(C)C)c(O)c(C(C)(C)CCNC(=O)CCCCC2CCSS2)c1.O=C(O)CCCCC1CCSS1. The van der Waals surface area contributed by atoms with Gasteiger partial charge in [0, 0.05) is 105 Å². The molecule has 8 N–H and O–H groups in total. The van der Waals surface area contributed by atoms with Crippen molar-refractivity contribution >= 4 is 102 Å². The molecule has 4 aromatic rings. The second kappa shape index (κ2) is 35.5. The highest BCUT2D eigenvalue weighted by Crippen LogP contribution is 2.54. The first-order valence-electron chi connectivity index (χ1n) is 35.2. The van der Waals surface area contributed by atoms with Gasteiger partial charge in [0.2, 0.25) is 5.91 Å². The van der Waals surface area contributed by atoms with E-state index in [2.05, 4.69) is 234 Å². The van der Waals surface area contributed by atoms with E-state index in [0.717, 1.165) is 113 Å². The van der Waals surface area contributed by atoms with Gasteiger partial charge in [0.05, 0.1) is 8.16 Å². The number of aromatic hydroxyl groups is 4. The summed E-state index contributed by atoms with van der Waals surface area (Å²) in [5, 5.41) is 58.5. The zero-order chi connectivity index (χ0) is 73.9. The average Bonchev–Trinajstić information content (AvgIpc) is 1.18. The highest BCUT2D eigenvalue weighted by Gasteiger charge is 2.36. The first-order chi connectivity index (χ1) is 44.2. The van der Waals surface area contributed by atoms with Crippen LogP contribution in [0.2, 0.25) is 0 Å². The zero-order valence-corrected chi connectivity index (χ0v) is 71.0. The number of aliphatic carboxylic acids is 1. The van der Waals surface area contributed by atoms with E-state index in [9.17, 15) is 30.0 Å². The van der Waals surface area contributed by atoms with Crippen molar-refractivity contribution in [1.82, 2.24) is 5.32 Å². The molecule has 0 radical (unpaired) electrons. The maximum absolute atomic E-state index is 12.7. The maximum Gasteiger partial charge on any atom is 0.303 e. The Bertz CT molecular complexity index is 3160. The van der Waals surface area contributed by atoms with E-state index in [1.165, 1.54) is 37.2 Å². The zero-order valence-electron chi connectivity index (χ0n) is 64.5. The molecule has 6 rings (SSSR count). The van der Waals surface area contributed by atoms with Crippen molar-refractivity contribution in [2.24, 2.45) is 5.73 Å². The molecule has 2 aliphatic rings. The molecule has 4 aromatic carbocycles. The van der Waals surface area contributed by atoms with Gasteiger partial charge in [0.25, 0.3) is 0 Å². The Hall–Kier alpha value is -2.22. The number of nitrogens with one attached hydrogen (secondary N) is 1. The van der Waals surface area contributed by atoms with Crippen LogP contribution < -0.4 is 11.1 Å². The van der Waals surface area contributed by atoms with Gasteiger partial charge in [-0.2, -0.15) is 0 Å². The van der Waals surface area contributed by atoms with Crippen LogP contribution in [0.4, 0.5) is 0 Å². The Morgan fingerprint density at radius 2 is 0.691 bits per heavy atom. The Labute approximate surface area is 622 Å². The first kappa shape index (κ1) is 87.2. The predicted octanol–water partition coefficient (Wildman–Crippen LogP) is 24.1. The van der Waals surface area contributed by atoms with Gasteiger partial charge < -0.3 is 36.6 Å². The summed E-state index contributed by atoms with van der Waals surface area (Å²) in [4.78, 5) is 27.4. The monoisotopic (exact) mass is 1480 g/mol. The number of carboxylic acid groups (broad SMARTS) is 1. The molecule has 0 spiro atoms. The normalized spacial score (nSPS) is 16.2. The largest absolute Gasteiger partial charge is 0.507 e. The number of amides is 1. The van der Waals surface area contributed by atoms with Crippen LogP contribution in [0.15, 0.2) is 68.1 Å². The van der Waals surface area contributed by atoms with Gasteiger partial charge in [0.1, 0.15) is 23.0 Å². The molecule has 97 heavy (non-hydrogen) atoms. The molecule has 2 saturated heterocycles. The molecule has 0 aromatic heterocycles. The standard InChI is InChI=1S/C40H63NO3S4.C32H51NO2S2.C8H14O2S2/c1-36(2,3)29-22-27(23-30(34(29)43)37(4,5)6)46-40(12,13)47-28-24-31(38(7,8)9)35(44)32(25-28)39(10,11)19-20-41-33(42)17-15-14-16-26-18-21-45-48-26;1-28(2,3)22-16-20(17-23(26(22)34)29(4,5)6)36-32(12,13)37-21-18-24(30(7,8)9)27(35)25(19-21)31(10,11)14-15-33;9-8(10)4-2-1-3-7-5-6-11-12-7/h22-26,43-44H,14-21H2,1-13H3,(H,41,42);16-19,34-35H,14-15,33H2,1-13H3;7H,1-6H2,(H,9,10). The van der Waals surface area contributed by atoms with Gasteiger partial charge in [-0.1, -0.05) is 208 Å². The van der Waals surface area contributed by atoms with Crippen LogP contribution in [-0.2, 0) is 52.9 Å². The van der Waals surface area contributed by atoms with E-state index in [1.807, 2.05) is 78.5 Å². The van der Waals surface area contributed by atoms with Crippen LogP contribution in [0, 0.1) is 0 Å². The predicted molar refractivity (Wildman–Crippen MR) is 435 cm³/mol. The van der Waals surface area contributed by atoms with E-state index in [1.54, 1.807) is 11.8 Å². The third-order valence-electron chi connectivity index (χ3n) is 17.7. The van der Waals surface area contributed by atoms with Gasteiger partial charge in [-0.15, -0.1) is 47.0 Å². The van der Waals surface area contributed by atoms with Crippen molar-refractivity contribution in [1.29, 1.82) is 0 Å². The van der Waals surface area contributed by atoms with Crippen LogP contribution in [0.25, 0.3) is 0 Å². The second-order valence-corrected chi connectivity index (χ2v) is 48.0. The third kappa shape index (κ3) is 27.7. The Kier molecular flexibility index (Phi) is 31.9. The quantitative estimate of drug-likeness (QED) is 0.0144. The molecule has 2 heterocycles. The molecule has 0 aliphatic carbocycles. The van der Waals surface area contributed by atoms with Gasteiger partial charge >= 0.3 is 5.97 Å². The number of phenols is 4. The number of phenolic OH excluding ortho intramolecular Hbond substituents is 4. The van der Waals surface area contributed by atoms with E-state index in [-0.39, 0.29) is 57.4 Å². The van der Waals surface area contributed by atoms with Crippen molar-refractivity contribution in [3.63, 3.8) is 0 Å². The minimum atomic E-state index is -0.663. The van der Waals surface area contributed by atoms with Crippen molar-refractivity contribution < 1.29 is 35.1 Å². The lowest BCUT2D eigenvalue weighted by molar-refractivity contribution is -0.137. The topological polar surface area (TPSA) is 173 Å². The van der Waals surface area contributed by atoms with Gasteiger partial charge in [-0.3, -0.25) is 9.59 Å². The minimum absolute atomic E-state index is 0.125. The van der Waals surface area contributed by atoms with Crippen molar-refractivity contribution in [2.45, 2.75) is 339 Å². The van der Waals surface area contributed by atoms with E-state index in [4.69, 9.17) is 10.8 Å². The van der Waals surface area contributed by atoms with Crippen LogP contribution in [0.3, 0.4) is 0 Å². The number of unbranched alkanes of at least 4 members (excludes halogenated alkanes) is 2. The number of hydrogen-bond donors (Lipinski definition) is 7. The number of carboxylic acids is 1. The molecule has 9 nitrogen and oxygen atoms in total. The second-order valence-electron chi connectivity index (χ2n) is 35.1. The van der Waals surface area contributed by atoms with E-state index < -0.39 is 5.97 Å². The molecule has 2 aliphatic heterocycles. The Morgan fingerprint density at radius 1 is 0.423 bits per heavy atom. The number of benzene rings is 4. The molecule has 1 amide bonds. The molecule has 2 unspecified atom stereocenters. The Balaban J connectivity index is 0.000000359. The van der Waals surface area contributed by atoms with E-state index in [0.29, 0.717) is 48.9 Å².